The number of aliphatic hydroxyl groups excluding tert-OH is 3. The lowest BCUT2D eigenvalue weighted by molar-refractivity contribution is -0.125. The van der Waals surface area contributed by atoms with Crippen molar-refractivity contribution in [1.29, 1.82) is 0 Å². The van der Waals surface area contributed by atoms with Gasteiger partial charge in [-0.05, 0) is 12.8 Å². The van der Waals surface area contributed by atoms with Crippen molar-refractivity contribution in [3.63, 3.8) is 0 Å². The van der Waals surface area contributed by atoms with E-state index in [-0.39, 0.29) is 18.9 Å². The lowest BCUT2D eigenvalue weighted by Crippen LogP contribution is -2.46. The zero-order valence-electron chi connectivity index (χ0n) is 26.3. The summed E-state index contributed by atoms with van der Waals surface area (Å²) in [5.41, 5.74) is 0. The molecule has 0 aromatic heterocycles. The molecule has 0 saturated heterocycles. The van der Waals surface area contributed by atoms with E-state index in [1.54, 1.807) is 0 Å². The molecule has 4 N–H and O–H groups in total. The van der Waals surface area contributed by atoms with Gasteiger partial charge in [-0.1, -0.05) is 168 Å². The van der Waals surface area contributed by atoms with Crippen molar-refractivity contribution in [1.82, 2.24) is 5.32 Å². The number of nitrogens with one attached hydrogen (secondary N) is 1. The maximum Gasteiger partial charge on any atom is 0.222 e. The molecule has 0 aliphatic carbocycles. The van der Waals surface area contributed by atoms with Crippen molar-refractivity contribution in [2.24, 2.45) is 0 Å². The van der Waals surface area contributed by atoms with E-state index in [1.165, 1.54) is 128 Å². The van der Waals surface area contributed by atoms with Gasteiger partial charge in [0.05, 0.1) is 31.3 Å². The highest BCUT2D eigenvalue weighted by Crippen LogP contribution is 2.15. The molecule has 3 atom stereocenters. The molecule has 0 saturated carbocycles. The van der Waals surface area contributed by atoms with Crippen LogP contribution in [-0.4, -0.2) is 46.1 Å². The van der Waals surface area contributed by atoms with Crippen LogP contribution in [0.1, 0.15) is 187 Å². The van der Waals surface area contributed by atoms with Crippen molar-refractivity contribution in [2.45, 2.75) is 205 Å². The molecule has 234 valence electrons. The van der Waals surface area contributed by atoms with Crippen molar-refractivity contribution >= 4 is 5.91 Å². The highest BCUT2D eigenvalue weighted by Gasteiger charge is 2.21. The number of aliphatic hydroxyl groups is 3. The molecule has 0 spiro atoms. The fraction of sp³-hybridized carbons (Fsp3) is 0.971. The highest BCUT2D eigenvalue weighted by molar-refractivity contribution is 5.76. The fourth-order valence-electron chi connectivity index (χ4n) is 5.46. The summed E-state index contributed by atoms with van der Waals surface area (Å²) in [4.78, 5) is 12.3. The molecule has 0 aromatic carbocycles. The minimum atomic E-state index is -0.740. The minimum Gasteiger partial charge on any atom is -0.394 e. The summed E-state index contributed by atoms with van der Waals surface area (Å²) in [5.74, 6) is -0.283. The first kappa shape index (κ1) is 38.4. The van der Waals surface area contributed by atoms with E-state index in [9.17, 15) is 20.1 Å². The van der Waals surface area contributed by atoms with Gasteiger partial charge in [-0.2, -0.15) is 0 Å². The van der Waals surface area contributed by atoms with Crippen LogP contribution in [0.15, 0.2) is 0 Å². The Balaban J connectivity index is 3.68. The van der Waals surface area contributed by atoms with Gasteiger partial charge >= 0.3 is 0 Å². The van der Waals surface area contributed by atoms with Crippen LogP contribution in [0.5, 0.6) is 0 Å². The molecule has 1 amide bonds. The van der Waals surface area contributed by atoms with Gasteiger partial charge in [0.15, 0.2) is 0 Å². The number of carbonyl (C=O) groups excluding carboxylic acids is 1. The van der Waals surface area contributed by atoms with E-state index in [1.807, 2.05) is 0 Å². The van der Waals surface area contributed by atoms with Gasteiger partial charge in [0, 0.05) is 0 Å². The van der Waals surface area contributed by atoms with E-state index in [0.717, 1.165) is 25.7 Å². The van der Waals surface area contributed by atoms with Gasteiger partial charge in [0.1, 0.15) is 0 Å². The lowest BCUT2D eigenvalue weighted by Gasteiger charge is -2.23. The Morgan fingerprint density at radius 1 is 0.538 bits per heavy atom. The Bertz CT molecular complexity index is 502. The third-order valence-corrected chi connectivity index (χ3v) is 8.17. The Morgan fingerprint density at radius 3 is 1.23 bits per heavy atom. The van der Waals surface area contributed by atoms with Crippen LogP contribution in [0.25, 0.3) is 0 Å². The summed E-state index contributed by atoms with van der Waals surface area (Å²) >= 11 is 0. The van der Waals surface area contributed by atoms with Crippen molar-refractivity contribution in [2.75, 3.05) is 6.61 Å². The van der Waals surface area contributed by atoms with E-state index in [2.05, 4.69) is 19.2 Å². The average Bonchev–Trinajstić information content (AvgIpc) is 2.92. The zero-order chi connectivity index (χ0) is 28.8. The number of carbonyl (C=O) groups is 1. The third-order valence-electron chi connectivity index (χ3n) is 8.17. The van der Waals surface area contributed by atoms with Crippen molar-refractivity contribution < 1.29 is 20.1 Å². The van der Waals surface area contributed by atoms with Crippen LogP contribution in [0.3, 0.4) is 0 Å². The highest BCUT2D eigenvalue weighted by atomic mass is 16.3. The van der Waals surface area contributed by atoms with Crippen molar-refractivity contribution in [3.8, 4) is 0 Å². The normalized spacial score (nSPS) is 13.9. The topological polar surface area (TPSA) is 89.8 Å². The Labute approximate surface area is 243 Å². The van der Waals surface area contributed by atoms with E-state index < -0.39 is 18.2 Å². The molecule has 39 heavy (non-hydrogen) atoms. The van der Waals surface area contributed by atoms with Crippen molar-refractivity contribution in [3.05, 3.63) is 0 Å². The van der Waals surface area contributed by atoms with Crippen LogP contribution in [0.2, 0.25) is 0 Å². The first-order valence-electron chi connectivity index (χ1n) is 17.3. The molecule has 5 heteroatoms. The summed E-state index contributed by atoms with van der Waals surface area (Å²) in [6, 6.07) is -0.649. The van der Waals surface area contributed by atoms with Crippen LogP contribution in [0, 0.1) is 0 Å². The quantitative estimate of drug-likeness (QED) is 0.0644. The Morgan fingerprint density at radius 2 is 0.872 bits per heavy atom. The smallest absolute Gasteiger partial charge is 0.222 e. The predicted molar refractivity (Wildman–Crippen MR) is 167 cm³/mol. The van der Waals surface area contributed by atoms with Gasteiger partial charge in [-0.3, -0.25) is 4.79 Å². The second-order valence-corrected chi connectivity index (χ2v) is 12.1. The van der Waals surface area contributed by atoms with Gasteiger partial charge in [-0.15, -0.1) is 0 Å². The molecule has 0 radical (unpaired) electrons. The Kier molecular flexibility index (Phi) is 29.8. The summed E-state index contributed by atoms with van der Waals surface area (Å²) in [6.07, 6.45) is 30.5. The van der Waals surface area contributed by atoms with Gasteiger partial charge in [0.25, 0.3) is 0 Å². The molecule has 0 bridgehead atoms. The zero-order valence-corrected chi connectivity index (χ0v) is 26.3. The first-order chi connectivity index (χ1) is 19.0. The fourth-order valence-corrected chi connectivity index (χ4v) is 5.46. The lowest BCUT2D eigenvalue weighted by atomic mass is 10.0. The molecule has 3 unspecified atom stereocenters. The third kappa shape index (κ3) is 27.3. The maximum absolute atomic E-state index is 12.3. The largest absolute Gasteiger partial charge is 0.394 e. The first-order valence-corrected chi connectivity index (χ1v) is 17.3. The average molecular weight is 556 g/mol. The molecular formula is C34H69NO4. The SMILES string of the molecule is CCCCCCCCCCCCCCCC(O)C(CO)NC(=O)CC(O)CCCCCCCCCCCCC. The molecule has 0 aliphatic heterocycles. The number of unbranched alkanes of at least 4 members (excludes halogenated alkanes) is 22. The monoisotopic (exact) mass is 556 g/mol. The summed E-state index contributed by atoms with van der Waals surface area (Å²) in [5, 5.41) is 33.1. The molecule has 0 heterocycles. The minimum absolute atomic E-state index is 0.0414. The van der Waals surface area contributed by atoms with E-state index in [0.29, 0.717) is 12.8 Å². The standard InChI is InChI=1S/C34H69NO4/c1-3-5-7-9-11-13-15-16-18-20-22-24-26-28-33(38)32(30-36)35-34(39)29-31(37)27-25-23-21-19-17-14-12-10-8-6-4-2/h31-33,36-38H,3-30H2,1-2H3,(H,35,39). The maximum atomic E-state index is 12.3. The molecule has 0 fully saturated rings. The molecule has 0 aromatic rings. The van der Waals surface area contributed by atoms with Crippen LogP contribution in [0.4, 0.5) is 0 Å². The van der Waals surface area contributed by atoms with Crippen LogP contribution in [-0.2, 0) is 4.79 Å². The van der Waals surface area contributed by atoms with E-state index in [4.69, 9.17) is 0 Å². The molecule has 0 rings (SSSR count). The van der Waals surface area contributed by atoms with Gasteiger partial charge < -0.3 is 20.6 Å². The molecule has 5 nitrogen and oxygen atoms in total. The van der Waals surface area contributed by atoms with Crippen LogP contribution < -0.4 is 5.32 Å². The molecular weight excluding hydrogens is 486 g/mol. The predicted octanol–water partition coefficient (Wildman–Crippen LogP) is 8.76. The number of hydrogen-bond donors (Lipinski definition) is 4. The van der Waals surface area contributed by atoms with Gasteiger partial charge in [0.2, 0.25) is 5.91 Å². The molecule has 0 aliphatic rings. The number of hydrogen-bond acceptors (Lipinski definition) is 4. The summed E-state index contributed by atoms with van der Waals surface area (Å²) in [7, 11) is 0. The second kappa shape index (κ2) is 30.3. The Hall–Kier alpha value is -0.650. The van der Waals surface area contributed by atoms with Gasteiger partial charge in [-0.25, -0.2) is 0 Å². The van der Waals surface area contributed by atoms with E-state index >= 15 is 0 Å². The summed E-state index contributed by atoms with van der Waals surface area (Å²) in [6.45, 7) is 4.24. The number of amides is 1. The number of rotatable bonds is 31. The van der Waals surface area contributed by atoms with Crippen LogP contribution >= 0.6 is 0 Å². The summed E-state index contributed by atoms with van der Waals surface area (Å²) < 4.78 is 0. The second-order valence-electron chi connectivity index (χ2n) is 12.1.